The van der Waals surface area contributed by atoms with Gasteiger partial charge in [-0.25, -0.2) is 4.39 Å². The summed E-state index contributed by atoms with van der Waals surface area (Å²) in [4.78, 5) is 2.92. The molecule has 1 saturated heterocycles. The number of halogens is 2. The topological polar surface area (TPSA) is 62.2 Å². The summed E-state index contributed by atoms with van der Waals surface area (Å²) < 4.78 is 26.4. The number of likely N-dealkylation sites (tertiary alicyclic amines) is 1. The fourth-order valence-electron chi connectivity index (χ4n) is 4.36. The molecular weight excluding hydrogens is 477 g/mol. The van der Waals surface area contributed by atoms with E-state index in [1.807, 2.05) is 36.4 Å². The van der Waals surface area contributed by atoms with Gasteiger partial charge in [0.2, 0.25) is 0 Å². The summed E-state index contributed by atoms with van der Waals surface area (Å²) in [7, 11) is 0. The lowest BCUT2D eigenvalue weighted by molar-refractivity contribution is 0.189. The Morgan fingerprint density at radius 2 is 1.71 bits per heavy atom. The third kappa shape index (κ3) is 4.78. The fraction of sp³-hybridized carbons (Fsp3) is 0.308. The molecule has 0 radical (unpaired) electrons. The summed E-state index contributed by atoms with van der Waals surface area (Å²) >= 11 is 7.64. The van der Waals surface area contributed by atoms with Crippen molar-refractivity contribution in [2.24, 2.45) is 0 Å². The third-order valence-corrected chi connectivity index (χ3v) is 7.88. The zero-order valence-electron chi connectivity index (χ0n) is 18.4. The van der Waals surface area contributed by atoms with Crippen LogP contribution in [-0.2, 0) is 0 Å². The minimum atomic E-state index is -0.793. The fourth-order valence-corrected chi connectivity index (χ4v) is 5.98. The number of phenols is 2. The van der Waals surface area contributed by atoms with E-state index >= 15 is 0 Å². The molecule has 178 valence electrons. The second-order valence-corrected chi connectivity index (χ2v) is 10.0. The average Bonchev–Trinajstić information content (AvgIpc) is 3.37. The Bertz CT molecular complexity index is 1150. The Labute approximate surface area is 207 Å². The van der Waals surface area contributed by atoms with Crippen molar-refractivity contribution in [2.75, 3.05) is 26.2 Å². The molecule has 0 bridgehead atoms. The van der Waals surface area contributed by atoms with E-state index in [0.717, 1.165) is 36.5 Å². The van der Waals surface area contributed by atoms with Crippen LogP contribution < -0.4 is 9.47 Å². The van der Waals surface area contributed by atoms with Crippen LogP contribution in [0.5, 0.6) is 23.0 Å². The average molecular weight is 502 g/mol. The summed E-state index contributed by atoms with van der Waals surface area (Å²) in [5.74, 6) is -0.207. The summed E-state index contributed by atoms with van der Waals surface area (Å²) in [6.07, 6.45) is 2.06. The standard InChI is InChI=1S/C26H25ClFNO4S/c27-22-23(31)20(28)15-21-25(22)33-24(26(34-21)17-3-7-18(30)8-4-17)16-5-9-19(10-6-16)32-14-13-29-11-1-2-12-29/h3-10,15,24,26,30-31H,1-2,11-14H2/t24-,26+/m0/s1. The van der Waals surface area contributed by atoms with Crippen LogP contribution in [0.4, 0.5) is 4.39 Å². The second kappa shape index (κ2) is 9.94. The van der Waals surface area contributed by atoms with Gasteiger partial charge in [0.15, 0.2) is 17.3 Å². The Hall–Kier alpha value is -2.61. The number of fused-ring (bicyclic) bond motifs is 1. The summed E-state index contributed by atoms with van der Waals surface area (Å²) in [5, 5.41) is 19.3. The Kier molecular flexibility index (Phi) is 6.77. The normalized spacial score (nSPS) is 20.1. The Morgan fingerprint density at radius 1 is 1.03 bits per heavy atom. The van der Waals surface area contributed by atoms with Gasteiger partial charge in [-0.1, -0.05) is 35.9 Å². The van der Waals surface area contributed by atoms with Gasteiger partial charge in [-0.3, -0.25) is 4.90 Å². The van der Waals surface area contributed by atoms with E-state index in [9.17, 15) is 14.6 Å². The van der Waals surface area contributed by atoms with E-state index in [0.29, 0.717) is 11.5 Å². The molecular formula is C26H25ClFNO4S. The van der Waals surface area contributed by atoms with Gasteiger partial charge in [0.1, 0.15) is 29.2 Å². The highest BCUT2D eigenvalue weighted by Gasteiger charge is 2.36. The molecule has 5 nitrogen and oxygen atoms in total. The predicted molar refractivity (Wildman–Crippen MR) is 131 cm³/mol. The van der Waals surface area contributed by atoms with Crippen molar-refractivity contribution in [3.05, 3.63) is 76.6 Å². The molecule has 1 fully saturated rings. The van der Waals surface area contributed by atoms with Crippen molar-refractivity contribution < 1.29 is 24.1 Å². The van der Waals surface area contributed by atoms with Gasteiger partial charge in [-0.15, -0.1) is 11.8 Å². The lowest BCUT2D eigenvalue weighted by Crippen LogP contribution is -2.25. The zero-order valence-corrected chi connectivity index (χ0v) is 20.0. The van der Waals surface area contributed by atoms with Crippen LogP contribution >= 0.6 is 23.4 Å². The molecule has 2 N–H and O–H groups in total. The van der Waals surface area contributed by atoms with Crippen LogP contribution in [0, 0.1) is 5.82 Å². The van der Waals surface area contributed by atoms with Crippen molar-refractivity contribution in [3.8, 4) is 23.0 Å². The molecule has 0 spiro atoms. The maximum absolute atomic E-state index is 14.2. The van der Waals surface area contributed by atoms with Gasteiger partial charge in [0.25, 0.3) is 0 Å². The molecule has 34 heavy (non-hydrogen) atoms. The molecule has 3 aromatic rings. The van der Waals surface area contributed by atoms with Gasteiger partial charge >= 0.3 is 0 Å². The van der Waals surface area contributed by atoms with Gasteiger partial charge < -0.3 is 19.7 Å². The molecule has 5 rings (SSSR count). The van der Waals surface area contributed by atoms with Crippen molar-refractivity contribution in [2.45, 2.75) is 29.1 Å². The molecule has 8 heteroatoms. The van der Waals surface area contributed by atoms with Gasteiger partial charge in [-0.05, 0) is 67.4 Å². The number of benzene rings is 3. The molecule has 2 heterocycles. The van der Waals surface area contributed by atoms with Crippen LogP contribution in [0.1, 0.15) is 35.3 Å². The number of nitrogens with zero attached hydrogens (tertiary/aromatic N) is 1. The first-order valence-electron chi connectivity index (χ1n) is 11.3. The van der Waals surface area contributed by atoms with Crippen LogP contribution in [0.2, 0.25) is 5.02 Å². The van der Waals surface area contributed by atoms with Crippen molar-refractivity contribution >= 4 is 23.4 Å². The first kappa shape index (κ1) is 23.1. The maximum atomic E-state index is 14.2. The molecule has 2 aliphatic rings. The number of hydrogen-bond acceptors (Lipinski definition) is 6. The van der Waals surface area contributed by atoms with E-state index in [1.165, 1.54) is 30.7 Å². The summed E-state index contributed by atoms with van der Waals surface area (Å²) in [6, 6.07) is 15.8. The second-order valence-electron chi connectivity index (χ2n) is 8.48. The number of phenolic OH excluding ortho intramolecular Hbond substituents is 2. The zero-order chi connectivity index (χ0) is 23.7. The van der Waals surface area contributed by atoms with E-state index in [1.54, 1.807) is 12.1 Å². The third-order valence-electron chi connectivity index (χ3n) is 6.19. The quantitative estimate of drug-likeness (QED) is 0.411. The molecule has 0 aromatic heterocycles. The minimum Gasteiger partial charge on any atom is -0.508 e. The monoisotopic (exact) mass is 501 g/mol. The lowest BCUT2D eigenvalue weighted by atomic mass is 10.00. The lowest BCUT2D eigenvalue weighted by Gasteiger charge is -2.34. The molecule has 0 amide bonds. The molecule has 0 unspecified atom stereocenters. The molecule has 0 aliphatic carbocycles. The highest BCUT2D eigenvalue weighted by molar-refractivity contribution is 7.99. The molecule has 0 saturated carbocycles. The van der Waals surface area contributed by atoms with E-state index in [4.69, 9.17) is 21.1 Å². The van der Waals surface area contributed by atoms with Crippen molar-refractivity contribution in [3.63, 3.8) is 0 Å². The molecule has 3 aromatic carbocycles. The Balaban J connectivity index is 1.40. The highest BCUT2D eigenvalue weighted by Crippen LogP contribution is 2.57. The predicted octanol–water partition coefficient (Wildman–Crippen LogP) is 6.33. The SMILES string of the molecule is Oc1ccc([C@H]2Sc3cc(F)c(O)c(Cl)c3O[C@H]2c2ccc(OCCN3CCCC3)cc2)cc1. The van der Waals surface area contributed by atoms with Gasteiger partial charge in [0, 0.05) is 6.54 Å². The minimum absolute atomic E-state index is 0.140. The highest BCUT2D eigenvalue weighted by atomic mass is 35.5. The number of hydrogen-bond donors (Lipinski definition) is 2. The van der Waals surface area contributed by atoms with Crippen LogP contribution in [0.25, 0.3) is 0 Å². The van der Waals surface area contributed by atoms with Gasteiger partial charge in [0.05, 0.1) is 10.1 Å². The van der Waals surface area contributed by atoms with E-state index < -0.39 is 17.7 Å². The maximum Gasteiger partial charge on any atom is 0.174 e. The smallest absolute Gasteiger partial charge is 0.174 e. The van der Waals surface area contributed by atoms with Crippen LogP contribution in [0.15, 0.2) is 59.5 Å². The van der Waals surface area contributed by atoms with Gasteiger partial charge in [-0.2, -0.15) is 0 Å². The number of aromatic hydroxyl groups is 2. The first-order chi connectivity index (χ1) is 16.5. The Morgan fingerprint density at radius 3 is 2.41 bits per heavy atom. The van der Waals surface area contributed by atoms with Crippen molar-refractivity contribution in [1.29, 1.82) is 0 Å². The first-order valence-corrected chi connectivity index (χ1v) is 12.5. The molecule has 2 atom stereocenters. The van der Waals surface area contributed by atoms with Crippen molar-refractivity contribution in [1.82, 2.24) is 4.90 Å². The number of rotatable bonds is 6. The van der Waals surface area contributed by atoms with E-state index in [-0.39, 0.29) is 21.8 Å². The number of thioether (sulfide) groups is 1. The van der Waals surface area contributed by atoms with Crippen LogP contribution in [0.3, 0.4) is 0 Å². The van der Waals surface area contributed by atoms with E-state index in [2.05, 4.69) is 4.90 Å². The summed E-state index contributed by atoms with van der Waals surface area (Å²) in [5.41, 5.74) is 1.80. The largest absolute Gasteiger partial charge is 0.508 e. The number of ether oxygens (including phenoxy) is 2. The van der Waals surface area contributed by atoms with Crippen LogP contribution in [-0.4, -0.2) is 41.4 Å². The summed E-state index contributed by atoms with van der Waals surface area (Å²) in [6.45, 7) is 3.84. The molecule has 2 aliphatic heterocycles.